The summed E-state index contributed by atoms with van der Waals surface area (Å²) in [5, 5.41) is 29.5. The van der Waals surface area contributed by atoms with Crippen molar-refractivity contribution in [3.05, 3.63) is 83.1 Å². The van der Waals surface area contributed by atoms with Gasteiger partial charge in [0.2, 0.25) is 0 Å². The highest BCUT2D eigenvalue weighted by Crippen LogP contribution is 2.37. The molecular weight excluding hydrogens is 432 g/mol. The number of halogens is 2. The Labute approximate surface area is 175 Å². The standard InChI is InChI=1S/C21H15F2NO6S/c22-15-4-3-14(10-16(15)23)31(28,29)24-13-2-6-20-12(7-13)9-19(27)21(30-20)11-1-5-17(25)18(26)8-11/h1-8,10,24-27H,9H2. The van der Waals surface area contributed by atoms with Crippen LogP contribution in [-0.4, -0.2) is 23.7 Å². The Morgan fingerprint density at radius 2 is 1.65 bits per heavy atom. The molecule has 10 heteroatoms. The Balaban J connectivity index is 1.60. The first-order chi connectivity index (χ1) is 14.6. The fourth-order valence-corrected chi connectivity index (χ4v) is 4.12. The highest BCUT2D eigenvalue weighted by atomic mass is 32.2. The van der Waals surface area contributed by atoms with Gasteiger partial charge in [0, 0.05) is 23.2 Å². The number of allylic oxidation sites excluding steroid dienone is 1. The van der Waals surface area contributed by atoms with Gasteiger partial charge in [-0.1, -0.05) is 0 Å². The number of aliphatic hydroxyl groups is 1. The van der Waals surface area contributed by atoms with Crippen molar-refractivity contribution in [3.63, 3.8) is 0 Å². The summed E-state index contributed by atoms with van der Waals surface area (Å²) in [6.45, 7) is 0. The first-order valence-electron chi connectivity index (χ1n) is 8.87. The number of benzene rings is 3. The maximum atomic E-state index is 13.4. The van der Waals surface area contributed by atoms with Gasteiger partial charge in [-0.2, -0.15) is 0 Å². The van der Waals surface area contributed by atoms with Crippen LogP contribution < -0.4 is 9.46 Å². The quantitative estimate of drug-likeness (QED) is 0.449. The highest BCUT2D eigenvalue weighted by Gasteiger charge is 2.23. The van der Waals surface area contributed by atoms with E-state index in [0.29, 0.717) is 22.9 Å². The lowest BCUT2D eigenvalue weighted by atomic mass is 10.0. The molecule has 0 aromatic heterocycles. The van der Waals surface area contributed by atoms with Crippen LogP contribution in [0.3, 0.4) is 0 Å². The number of aliphatic hydroxyl groups excluding tert-OH is 1. The van der Waals surface area contributed by atoms with Crippen molar-refractivity contribution < 1.29 is 37.3 Å². The van der Waals surface area contributed by atoms with Crippen molar-refractivity contribution in [3.8, 4) is 17.2 Å². The molecule has 0 aliphatic carbocycles. The number of aromatic hydroxyl groups is 2. The number of rotatable bonds is 4. The Bertz CT molecular complexity index is 1340. The molecule has 0 amide bonds. The molecule has 31 heavy (non-hydrogen) atoms. The molecule has 1 aliphatic rings. The third kappa shape index (κ3) is 3.97. The van der Waals surface area contributed by atoms with Crippen LogP contribution >= 0.6 is 0 Å². The lowest BCUT2D eigenvalue weighted by Gasteiger charge is -2.22. The number of sulfonamides is 1. The maximum absolute atomic E-state index is 13.4. The van der Waals surface area contributed by atoms with Crippen LogP contribution in [0.15, 0.2) is 65.3 Å². The summed E-state index contributed by atoms with van der Waals surface area (Å²) in [6.07, 6.45) is 0.00699. The van der Waals surface area contributed by atoms with E-state index in [-0.39, 0.29) is 35.1 Å². The Hall–Kier alpha value is -3.79. The smallest absolute Gasteiger partial charge is 0.261 e. The number of fused-ring (bicyclic) bond motifs is 1. The van der Waals surface area contributed by atoms with E-state index in [9.17, 15) is 32.5 Å². The molecule has 0 saturated carbocycles. The molecular formula is C21H15F2NO6S. The summed E-state index contributed by atoms with van der Waals surface area (Å²) in [5.41, 5.74) is 0.932. The SMILES string of the molecule is O=S(=O)(Nc1ccc2c(c1)CC(O)=C(c1ccc(O)c(O)c1)O2)c1ccc(F)c(F)c1. The van der Waals surface area contributed by atoms with Gasteiger partial charge in [-0.15, -0.1) is 0 Å². The van der Waals surface area contributed by atoms with E-state index < -0.39 is 26.6 Å². The number of phenolic OH excluding ortho intramolecular Hbond substituents is 2. The Morgan fingerprint density at radius 3 is 2.35 bits per heavy atom. The van der Waals surface area contributed by atoms with Gasteiger partial charge >= 0.3 is 0 Å². The zero-order chi connectivity index (χ0) is 22.3. The van der Waals surface area contributed by atoms with Gasteiger partial charge in [0.05, 0.1) is 4.90 Å². The van der Waals surface area contributed by atoms with E-state index in [1.807, 2.05) is 0 Å². The van der Waals surface area contributed by atoms with Crippen LogP contribution in [0.4, 0.5) is 14.5 Å². The largest absolute Gasteiger partial charge is 0.508 e. The second kappa shape index (κ2) is 7.47. The fourth-order valence-electron chi connectivity index (χ4n) is 3.06. The Morgan fingerprint density at radius 1 is 0.871 bits per heavy atom. The molecule has 0 radical (unpaired) electrons. The Kier molecular flexibility index (Phi) is 4.94. The van der Waals surface area contributed by atoms with E-state index in [0.717, 1.165) is 12.1 Å². The summed E-state index contributed by atoms with van der Waals surface area (Å²) in [6, 6.07) is 10.5. The number of anilines is 1. The number of hydrogen-bond donors (Lipinski definition) is 4. The normalized spacial score (nSPS) is 13.5. The molecule has 0 saturated heterocycles. The van der Waals surface area contributed by atoms with Crippen LogP contribution in [0, 0.1) is 11.6 Å². The molecule has 0 bridgehead atoms. The number of hydrogen-bond acceptors (Lipinski definition) is 6. The van der Waals surface area contributed by atoms with E-state index in [2.05, 4.69) is 4.72 Å². The average molecular weight is 447 g/mol. The van der Waals surface area contributed by atoms with Gasteiger partial charge < -0.3 is 20.1 Å². The molecule has 1 heterocycles. The predicted molar refractivity (Wildman–Crippen MR) is 107 cm³/mol. The first kappa shape index (κ1) is 20.5. The summed E-state index contributed by atoms with van der Waals surface area (Å²) < 4.78 is 59.4. The number of ether oxygens (including phenoxy) is 1. The molecule has 0 fully saturated rings. The zero-order valence-electron chi connectivity index (χ0n) is 15.6. The predicted octanol–water partition coefficient (Wildman–Crippen LogP) is 4.04. The third-order valence-electron chi connectivity index (χ3n) is 4.58. The molecule has 160 valence electrons. The van der Waals surface area contributed by atoms with Crippen LogP contribution in [0.5, 0.6) is 17.2 Å². The lowest BCUT2D eigenvalue weighted by Crippen LogP contribution is -2.15. The average Bonchev–Trinajstić information content (AvgIpc) is 2.71. The molecule has 4 rings (SSSR count). The highest BCUT2D eigenvalue weighted by molar-refractivity contribution is 7.92. The van der Waals surface area contributed by atoms with E-state index in [1.54, 1.807) is 0 Å². The molecule has 0 spiro atoms. The molecule has 0 atom stereocenters. The van der Waals surface area contributed by atoms with Gasteiger partial charge in [-0.25, -0.2) is 17.2 Å². The van der Waals surface area contributed by atoms with E-state index in [1.165, 1.54) is 36.4 Å². The minimum Gasteiger partial charge on any atom is -0.508 e. The second-order valence-electron chi connectivity index (χ2n) is 6.76. The fraction of sp³-hybridized carbons (Fsp3) is 0.0476. The van der Waals surface area contributed by atoms with Crippen LogP contribution in [-0.2, 0) is 16.4 Å². The van der Waals surface area contributed by atoms with Gasteiger partial charge in [0.1, 0.15) is 11.5 Å². The van der Waals surface area contributed by atoms with Crippen molar-refractivity contribution in [1.82, 2.24) is 0 Å². The van der Waals surface area contributed by atoms with Crippen molar-refractivity contribution in [2.75, 3.05) is 4.72 Å². The molecule has 1 aliphatic heterocycles. The summed E-state index contributed by atoms with van der Waals surface area (Å²) in [4.78, 5) is -0.447. The summed E-state index contributed by atoms with van der Waals surface area (Å²) >= 11 is 0. The van der Waals surface area contributed by atoms with E-state index >= 15 is 0 Å². The van der Waals surface area contributed by atoms with Crippen molar-refractivity contribution in [1.29, 1.82) is 0 Å². The summed E-state index contributed by atoms with van der Waals surface area (Å²) in [7, 11) is -4.18. The van der Waals surface area contributed by atoms with Crippen molar-refractivity contribution in [2.24, 2.45) is 0 Å². The van der Waals surface area contributed by atoms with Crippen molar-refractivity contribution in [2.45, 2.75) is 11.3 Å². The molecule has 3 aromatic carbocycles. The van der Waals surface area contributed by atoms with Crippen molar-refractivity contribution >= 4 is 21.5 Å². The number of nitrogens with one attached hydrogen (secondary N) is 1. The number of phenols is 2. The minimum absolute atomic E-state index is 0.00699. The van der Waals surface area contributed by atoms with Gasteiger partial charge in [-0.05, 0) is 54.6 Å². The van der Waals surface area contributed by atoms with E-state index in [4.69, 9.17) is 4.74 Å². The second-order valence-corrected chi connectivity index (χ2v) is 8.44. The van der Waals surface area contributed by atoms with Crippen LogP contribution in [0.1, 0.15) is 11.1 Å². The minimum atomic E-state index is -4.18. The van der Waals surface area contributed by atoms with Gasteiger partial charge in [0.15, 0.2) is 28.9 Å². The molecule has 0 unspecified atom stereocenters. The van der Waals surface area contributed by atoms with Crippen LogP contribution in [0.25, 0.3) is 5.76 Å². The van der Waals surface area contributed by atoms with Crippen LogP contribution in [0.2, 0.25) is 0 Å². The van der Waals surface area contributed by atoms with Gasteiger partial charge in [0.25, 0.3) is 10.0 Å². The monoisotopic (exact) mass is 447 g/mol. The molecule has 7 nitrogen and oxygen atoms in total. The van der Waals surface area contributed by atoms with Gasteiger partial charge in [-0.3, -0.25) is 4.72 Å². The topological polar surface area (TPSA) is 116 Å². The maximum Gasteiger partial charge on any atom is 0.261 e. The third-order valence-corrected chi connectivity index (χ3v) is 5.96. The first-order valence-corrected chi connectivity index (χ1v) is 10.4. The lowest BCUT2D eigenvalue weighted by molar-refractivity contribution is 0.357. The summed E-state index contributed by atoms with van der Waals surface area (Å²) in [5.74, 6) is -2.89. The molecule has 3 aromatic rings. The molecule has 4 N–H and O–H groups in total. The zero-order valence-corrected chi connectivity index (χ0v) is 16.5.